The van der Waals surface area contributed by atoms with Crippen LogP contribution in [0.15, 0.2) is 18.3 Å². The van der Waals surface area contributed by atoms with Gasteiger partial charge in [0.15, 0.2) is 0 Å². The summed E-state index contributed by atoms with van der Waals surface area (Å²) in [5.74, 6) is -0.587. The molecule has 7 heteroatoms. The van der Waals surface area contributed by atoms with Crippen LogP contribution in [-0.4, -0.2) is 35.1 Å². The van der Waals surface area contributed by atoms with E-state index >= 15 is 0 Å². The highest BCUT2D eigenvalue weighted by molar-refractivity contribution is 5.78. The van der Waals surface area contributed by atoms with Gasteiger partial charge in [0.1, 0.15) is 6.54 Å². The van der Waals surface area contributed by atoms with Gasteiger partial charge in [0.05, 0.1) is 18.3 Å². The minimum atomic E-state index is -4.39. The maximum atomic E-state index is 12.4. The van der Waals surface area contributed by atoms with Crippen molar-refractivity contribution < 1.29 is 18.0 Å². The molecule has 19 heavy (non-hydrogen) atoms. The predicted octanol–water partition coefficient (Wildman–Crippen LogP) is 2.01. The summed E-state index contributed by atoms with van der Waals surface area (Å²) >= 11 is 0. The Bertz CT molecular complexity index is 417. The summed E-state index contributed by atoms with van der Waals surface area (Å²) < 4.78 is 37.1. The van der Waals surface area contributed by atoms with Gasteiger partial charge in [-0.3, -0.25) is 9.78 Å². The number of amides is 1. The fourth-order valence-electron chi connectivity index (χ4n) is 1.59. The maximum absolute atomic E-state index is 12.4. The second-order valence-electron chi connectivity index (χ2n) is 4.19. The summed E-state index contributed by atoms with van der Waals surface area (Å²) in [5, 5.41) is 0. The summed E-state index contributed by atoms with van der Waals surface area (Å²) in [6.45, 7) is 0.570. The summed E-state index contributed by atoms with van der Waals surface area (Å²) in [6, 6.07) is 3.09. The topological polar surface area (TPSA) is 59.2 Å². The Balaban J connectivity index is 2.68. The molecule has 0 saturated carbocycles. The second kappa shape index (κ2) is 6.40. The van der Waals surface area contributed by atoms with Gasteiger partial charge in [-0.2, -0.15) is 13.2 Å². The van der Waals surface area contributed by atoms with E-state index in [1.165, 1.54) is 12.3 Å². The van der Waals surface area contributed by atoms with Gasteiger partial charge in [-0.15, -0.1) is 0 Å². The van der Waals surface area contributed by atoms with Crippen molar-refractivity contribution in [3.8, 4) is 0 Å². The van der Waals surface area contributed by atoms with E-state index in [0.29, 0.717) is 17.8 Å². The highest BCUT2D eigenvalue weighted by Crippen LogP contribution is 2.17. The van der Waals surface area contributed by atoms with Gasteiger partial charge in [-0.25, -0.2) is 0 Å². The monoisotopic (exact) mass is 275 g/mol. The molecule has 1 aromatic rings. The molecule has 0 aliphatic rings. The molecule has 0 fully saturated rings. The van der Waals surface area contributed by atoms with Crippen LogP contribution in [0.5, 0.6) is 0 Å². The van der Waals surface area contributed by atoms with E-state index in [0.717, 1.165) is 4.90 Å². The number of carbonyl (C=O) groups is 1. The molecule has 0 radical (unpaired) electrons. The van der Waals surface area contributed by atoms with Crippen molar-refractivity contribution in [2.75, 3.05) is 18.8 Å². The first kappa shape index (κ1) is 15.3. The molecular formula is C12H16F3N3O. The summed E-state index contributed by atoms with van der Waals surface area (Å²) in [7, 11) is 0. The zero-order valence-electron chi connectivity index (χ0n) is 10.6. The number of carbonyl (C=O) groups excluding carboxylic acids is 1. The van der Waals surface area contributed by atoms with Crippen LogP contribution in [0, 0.1) is 0 Å². The third-order valence-electron chi connectivity index (χ3n) is 2.40. The number of nitrogens with two attached hydrogens (primary N) is 1. The molecule has 0 spiro atoms. The Morgan fingerprint density at radius 2 is 2.11 bits per heavy atom. The number of hydrogen-bond donors (Lipinski definition) is 1. The Kier molecular flexibility index (Phi) is 5.14. The smallest absolute Gasteiger partial charge is 0.397 e. The van der Waals surface area contributed by atoms with E-state index in [9.17, 15) is 18.0 Å². The highest BCUT2D eigenvalue weighted by atomic mass is 19.4. The van der Waals surface area contributed by atoms with Crippen molar-refractivity contribution in [3.05, 3.63) is 24.0 Å². The van der Waals surface area contributed by atoms with Gasteiger partial charge < -0.3 is 10.6 Å². The molecule has 2 N–H and O–H groups in total. The van der Waals surface area contributed by atoms with Gasteiger partial charge in [0.2, 0.25) is 5.91 Å². The fraction of sp³-hybridized carbons (Fsp3) is 0.500. The van der Waals surface area contributed by atoms with Crippen LogP contribution in [-0.2, 0) is 11.2 Å². The minimum Gasteiger partial charge on any atom is -0.397 e. The normalized spacial score (nSPS) is 11.4. The molecule has 106 valence electrons. The average molecular weight is 275 g/mol. The van der Waals surface area contributed by atoms with Crippen molar-refractivity contribution in [1.29, 1.82) is 0 Å². The van der Waals surface area contributed by atoms with E-state index < -0.39 is 18.6 Å². The molecule has 0 aromatic carbocycles. The van der Waals surface area contributed by atoms with Crippen molar-refractivity contribution >= 4 is 11.6 Å². The lowest BCUT2D eigenvalue weighted by molar-refractivity contribution is -0.160. The van der Waals surface area contributed by atoms with Gasteiger partial charge in [-0.1, -0.05) is 6.92 Å². The molecule has 0 bridgehead atoms. The van der Waals surface area contributed by atoms with Crippen LogP contribution in [0.1, 0.15) is 19.0 Å². The van der Waals surface area contributed by atoms with E-state index in [-0.39, 0.29) is 13.0 Å². The third kappa shape index (κ3) is 5.58. The number of halogens is 3. The lowest BCUT2D eigenvalue weighted by atomic mass is 10.2. The number of hydrogen-bond acceptors (Lipinski definition) is 3. The van der Waals surface area contributed by atoms with Gasteiger partial charge in [-0.05, 0) is 18.6 Å². The summed E-state index contributed by atoms with van der Waals surface area (Å²) in [6.07, 6.45) is -2.71. The van der Waals surface area contributed by atoms with Gasteiger partial charge in [0.25, 0.3) is 0 Å². The molecule has 0 aliphatic heterocycles. The quantitative estimate of drug-likeness (QED) is 0.894. The molecule has 0 aliphatic carbocycles. The minimum absolute atomic E-state index is 0.0767. The standard InChI is InChI=1S/C12H16F3N3O/c1-2-5-18(8-12(13,14)15)11(19)6-10-4-3-9(16)7-17-10/h3-4,7H,2,5-6,8,16H2,1H3. The summed E-state index contributed by atoms with van der Waals surface area (Å²) in [4.78, 5) is 16.5. The SMILES string of the molecule is CCCN(CC(F)(F)F)C(=O)Cc1ccc(N)cn1. The number of nitrogen functional groups attached to an aromatic ring is 1. The van der Waals surface area contributed by atoms with Crippen LogP contribution in [0.25, 0.3) is 0 Å². The number of alkyl halides is 3. The zero-order chi connectivity index (χ0) is 14.5. The van der Waals surface area contributed by atoms with Crippen molar-refractivity contribution in [1.82, 2.24) is 9.88 Å². The average Bonchev–Trinajstić information content (AvgIpc) is 2.30. The number of aromatic nitrogens is 1. The molecular weight excluding hydrogens is 259 g/mol. The molecule has 1 heterocycles. The molecule has 0 atom stereocenters. The third-order valence-corrected chi connectivity index (χ3v) is 2.40. The lowest BCUT2D eigenvalue weighted by Gasteiger charge is -2.23. The maximum Gasteiger partial charge on any atom is 0.406 e. The number of pyridine rings is 1. The van der Waals surface area contributed by atoms with Gasteiger partial charge >= 0.3 is 6.18 Å². The fourth-order valence-corrected chi connectivity index (χ4v) is 1.59. The Morgan fingerprint density at radius 1 is 1.42 bits per heavy atom. The van der Waals surface area contributed by atoms with Crippen molar-refractivity contribution in [3.63, 3.8) is 0 Å². The first-order valence-corrected chi connectivity index (χ1v) is 5.86. The van der Waals surface area contributed by atoms with Crippen LogP contribution in [0.3, 0.4) is 0 Å². The van der Waals surface area contributed by atoms with E-state index in [1.807, 2.05) is 0 Å². The summed E-state index contributed by atoms with van der Waals surface area (Å²) in [5.41, 5.74) is 6.29. The molecule has 1 amide bonds. The van der Waals surface area contributed by atoms with E-state index in [1.54, 1.807) is 13.0 Å². The van der Waals surface area contributed by atoms with Crippen molar-refractivity contribution in [2.24, 2.45) is 0 Å². The molecule has 1 aromatic heterocycles. The van der Waals surface area contributed by atoms with Crippen LogP contribution in [0.4, 0.5) is 18.9 Å². The van der Waals surface area contributed by atoms with Crippen molar-refractivity contribution in [2.45, 2.75) is 25.9 Å². The number of nitrogens with zero attached hydrogens (tertiary/aromatic N) is 2. The van der Waals surface area contributed by atoms with Crippen LogP contribution < -0.4 is 5.73 Å². The molecule has 0 unspecified atom stereocenters. The number of rotatable bonds is 5. The first-order valence-electron chi connectivity index (χ1n) is 5.86. The Labute approximate surface area is 109 Å². The Hall–Kier alpha value is -1.79. The van der Waals surface area contributed by atoms with Crippen LogP contribution >= 0.6 is 0 Å². The lowest BCUT2D eigenvalue weighted by Crippen LogP contribution is -2.40. The molecule has 1 rings (SSSR count). The number of anilines is 1. The molecule has 4 nitrogen and oxygen atoms in total. The molecule has 0 saturated heterocycles. The van der Waals surface area contributed by atoms with Gasteiger partial charge in [0, 0.05) is 12.2 Å². The first-order chi connectivity index (χ1) is 8.81. The van der Waals surface area contributed by atoms with E-state index in [4.69, 9.17) is 5.73 Å². The highest BCUT2D eigenvalue weighted by Gasteiger charge is 2.32. The van der Waals surface area contributed by atoms with E-state index in [2.05, 4.69) is 4.98 Å². The second-order valence-corrected chi connectivity index (χ2v) is 4.19. The zero-order valence-corrected chi connectivity index (χ0v) is 10.6. The Morgan fingerprint density at radius 3 is 2.58 bits per heavy atom. The predicted molar refractivity (Wildman–Crippen MR) is 65.3 cm³/mol. The largest absolute Gasteiger partial charge is 0.406 e. The van der Waals surface area contributed by atoms with Crippen LogP contribution in [0.2, 0.25) is 0 Å².